The van der Waals surface area contributed by atoms with Crippen LogP contribution in [0.25, 0.3) is 0 Å². The number of nitrogens with one attached hydrogen (secondary N) is 1. The number of halogens is 3. The summed E-state index contributed by atoms with van der Waals surface area (Å²) in [4.78, 5) is 0. The Balaban J connectivity index is 2.23. The Bertz CT molecular complexity index is 549. The van der Waals surface area contributed by atoms with Gasteiger partial charge in [-0.25, -0.2) is 0 Å². The van der Waals surface area contributed by atoms with Crippen LogP contribution in [-0.2, 0) is 0 Å². The first-order valence-electron chi connectivity index (χ1n) is 6.39. The van der Waals surface area contributed by atoms with Crippen molar-refractivity contribution in [1.82, 2.24) is 0 Å². The fourth-order valence-corrected chi connectivity index (χ4v) is 2.11. The SMILES string of the molecule is Cc1cccc(NC(CC(F)(F)F)c2ccccc2)c1. The minimum absolute atomic E-state index is 0.631. The molecule has 4 heteroatoms. The van der Waals surface area contributed by atoms with Gasteiger partial charge in [-0.15, -0.1) is 0 Å². The molecule has 1 N–H and O–H groups in total. The molecular formula is C16H16F3N. The van der Waals surface area contributed by atoms with Crippen LogP contribution < -0.4 is 5.32 Å². The molecule has 106 valence electrons. The fourth-order valence-electron chi connectivity index (χ4n) is 2.11. The molecule has 1 unspecified atom stereocenters. The van der Waals surface area contributed by atoms with E-state index < -0.39 is 18.6 Å². The minimum atomic E-state index is -4.21. The van der Waals surface area contributed by atoms with Crippen molar-refractivity contribution in [2.24, 2.45) is 0 Å². The summed E-state index contributed by atoms with van der Waals surface area (Å²) in [5, 5.41) is 2.97. The zero-order chi connectivity index (χ0) is 14.6. The van der Waals surface area contributed by atoms with Crippen LogP contribution >= 0.6 is 0 Å². The maximum absolute atomic E-state index is 12.7. The Hall–Kier alpha value is -1.97. The van der Waals surface area contributed by atoms with Crippen LogP contribution in [0.5, 0.6) is 0 Å². The second-order valence-corrected chi connectivity index (χ2v) is 4.80. The highest BCUT2D eigenvalue weighted by atomic mass is 19.4. The molecule has 0 aromatic heterocycles. The summed E-state index contributed by atoms with van der Waals surface area (Å²) >= 11 is 0. The maximum Gasteiger partial charge on any atom is 0.391 e. The van der Waals surface area contributed by atoms with Gasteiger partial charge in [-0.05, 0) is 30.2 Å². The Morgan fingerprint density at radius 2 is 1.70 bits per heavy atom. The summed E-state index contributed by atoms with van der Waals surface area (Å²) in [5.74, 6) is 0. The lowest BCUT2D eigenvalue weighted by Crippen LogP contribution is -2.20. The second kappa shape index (κ2) is 5.99. The van der Waals surface area contributed by atoms with Gasteiger partial charge in [0.15, 0.2) is 0 Å². The lowest BCUT2D eigenvalue weighted by molar-refractivity contribution is -0.137. The third-order valence-electron chi connectivity index (χ3n) is 3.00. The lowest BCUT2D eigenvalue weighted by Gasteiger charge is -2.22. The van der Waals surface area contributed by atoms with Crippen LogP contribution in [0.2, 0.25) is 0 Å². The molecule has 0 saturated carbocycles. The van der Waals surface area contributed by atoms with E-state index in [2.05, 4.69) is 5.32 Å². The normalized spacial score (nSPS) is 13.0. The van der Waals surface area contributed by atoms with Crippen LogP contribution in [0.4, 0.5) is 18.9 Å². The maximum atomic E-state index is 12.7. The predicted octanol–water partition coefficient (Wildman–Crippen LogP) is 5.10. The average molecular weight is 279 g/mol. The summed E-state index contributed by atoms with van der Waals surface area (Å²) in [5.41, 5.74) is 2.34. The summed E-state index contributed by atoms with van der Waals surface area (Å²) in [7, 11) is 0. The van der Waals surface area contributed by atoms with E-state index in [0.717, 1.165) is 5.56 Å². The minimum Gasteiger partial charge on any atom is -0.378 e. The van der Waals surface area contributed by atoms with E-state index >= 15 is 0 Å². The highest BCUT2D eigenvalue weighted by Gasteiger charge is 2.32. The Labute approximate surface area is 116 Å². The predicted molar refractivity (Wildman–Crippen MR) is 74.7 cm³/mol. The number of alkyl halides is 3. The summed E-state index contributed by atoms with van der Waals surface area (Å²) in [6.45, 7) is 1.91. The van der Waals surface area contributed by atoms with E-state index in [4.69, 9.17) is 0 Å². The van der Waals surface area contributed by atoms with Crippen molar-refractivity contribution in [2.75, 3.05) is 5.32 Å². The van der Waals surface area contributed by atoms with Gasteiger partial charge in [-0.2, -0.15) is 13.2 Å². The Morgan fingerprint density at radius 3 is 2.30 bits per heavy atom. The third kappa shape index (κ3) is 4.30. The third-order valence-corrected chi connectivity index (χ3v) is 3.00. The van der Waals surface area contributed by atoms with Crippen molar-refractivity contribution in [3.63, 3.8) is 0 Å². The largest absolute Gasteiger partial charge is 0.391 e. The number of aryl methyl sites for hydroxylation is 1. The fraction of sp³-hybridized carbons (Fsp3) is 0.250. The van der Waals surface area contributed by atoms with Gasteiger partial charge >= 0.3 is 6.18 Å². The highest BCUT2D eigenvalue weighted by Crippen LogP contribution is 2.32. The standard InChI is InChI=1S/C16H16F3N/c1-12-6-5-9-14(10-12)20-15(11-16(17,18)19)13-7-3-2-4-8-13/h2-10,15,20H,11H2,1H3. The van der Waals surface area contributed by atoms with Gasteiger partial charge in [0.2, 0.25) is 0 Å². The lowest BCUT2D eigenvalue weighted by atomic mass is 10.0. The van der Waals surface area contributed by atoms with Gasteiger partial charge in [-0.3, -0.25) is 0 Å². The number of benzene rings is 2. The molecule has 0 aliphatic heterocycles. The van der Waals surface area contributed by atoms with Crippen molar-refractivity contribution in [1.29, 1.82) is 0 Å². The van der Waals surface area contributed by atoms with E-state index in [-0.39, 0.29) is 0 Å². The molecule has 1 atom stereocenters. The Kier molecular flexibility index (Phi) is 4.32. The van der Waals surface area contributed by atoms with Crippen LogP contribution in [-0.4, -0.2) is 6.18 Å². The zero-order valence-electron chi connectivity index (χ0n) is 11.1. The monoisotopic (exact) mass is 279 g/mol. The summed E-state index contributed by atoms with van der Waals surface area (Å²) < 4.78 is 38.2. The molecule has 0 saturated heterocycles. The van der Waals surface area contributed by atoms with Crippen molar-refractivity contribution < 1.29 is 13.2 Å². The number of anilines is 1. The van der Waals surface area contributed by atoms with Gasteiger partial charge in [0.05, 0.1) is 12.5 Å². The number of hydrogen-bond acceptors (Lipinski definition) is 1. The van der Waals surface area contributed by atoms with E-state index in [1.54, 1.807) is 36.4 Å². The van der Waals surface area contributed by atoms with Crippen molar-refractivity contribution in [3.05, 3.63) is 65.7 Å². The zero-order valence-corrected chi connectivity index (χ0v) is 11.1. The summed E-state index contributed by atoms with van der Waals surface area (Å²) in [6.07, 6.45) is -5.11. The second-order valence-electron chi connectivity index (χ2n) is 4.80. The van der Waals surface area contributed by atoms with Crippen molar-refractivity contribution in [3.8, 4) is 0 Å². The van der Waals surface area contributed by atoms with Gasteiger partial charge in [0.1, 0.15) is 0 Å². The molecule has 0 aliphatic rings. The average Bonchev–Trinajstić information content (AvgIpc) is 2.37. The molecule has 0 amide bonds. The van der Waals surface area contributed by atoms with Crippen LogP contribution in [0, 0.1) is 6.92 Å². The quantitative estimate of drug-likeness (QED) is 0.821. The van der Waals surface area contributed by atoms with Gasteiger partial charge in [0, 0.05) is 5.69 Å². The van der Waals surface area contributed by atoms with Crippen molar-refractivity contribution in [2.45, 2.75) is 25.6 Å². The molecule has 2 rings (SSSR count). The molecule has 1 nitrogen and oxygen atoms in total. The Morgan fingerprint density at radius 1 is 1.00 bits per heavy atom. The molecule has 20 heavy (non-hydrogen) atoms. The molecule has 2 aromatic carbocycles. The first-order valence-corrected chi connectivity index (χ1v) is 6.39. The van der Waals surface area contributed by atoms with Crippen molar-refractivity contribution >= 4 is 5.69 Å². The van der Waals surface area contributed by atoms with Crippen LogP contribution in [0.15, 0.2) is 54.6 Å². The first kappa shape index (κ1) is 14.4. The molecule has 0 bridgehead atoms. The van der Waals surface area contributed by atoms with E-state index in [1.807, 2.05) is 25.1 Å². The molecule has 2 aromatic rings. The highest BCUT2D eigenvalue weighted by molar-refractivity contribution is 5.47. The molecule has 0 aliphatic carbocycles. The number of rotatable bonds is 4. The van der Waals surface area contributed by atoms with Crippen LogP contribution in [0.3, 0.4) is 0 Å². The van der Waals surface area contributed by atoms with Crippen LogP contribution in [0.1, 0.15) is 23.6 Å². The molecule has 0 radical (unpaired) electrons. The van der Waals surface area contributed by atoms with E-state index in [9.17, 15) is 13.2 Å². The number of hydrogen-bond donors (Lipinski definition) is 1. The first-order chi connectivity index (χ1) is 9.44. The topological polar surface area (TPSA) is 12.0 Å². The summed E-state index contributed by atoms with van der Waals surface area (Å²) in [6, 6.07) is 15.3. The smallest absolute Gasteiger partial charge is 0.378 e. The molecule has 0 heterocycles. The molecular weight excluding hydrogens is 263 g/mol. The van der Waals surface area contributed by atoms with E-state index in [0.29, 0.717) is 11.3 Å². The van der Waals surface area contributed by atoms with Gasteiger partial charge in [0.25, 0.3) is 0 Å². The van der Waals surface area contributed by atoms with Gasteiger partial charge in [-0.1, -0.05) is 42.5 Å². The molecule has 0 spiro atoms. The van der Waals surface area contributed by atoms with E-state index in [1.165, 1.54) is 0 Å². The molecule has 0 fully saturated rings. The van der Waals surface area contributed by atoms with Gasteiger partial charge < -0.3 is 5.32 Å².